The summed E-state index contributed by atoms with van der Waals surface area (Å²) in [5.41, 5.74) is 0.0106. The van der Waals surface area contributed by atoms with Gasteiger partial charge in [-0.3, -0.25) is 0 Å². The van der Waals surface area contributed by atoms with Crippen molar-refractivity contribution in [1.29, 1.82) is 0 Å². The summed E-state index contributed by atoms with van der Waals surface area (Å²) in [6, 6.07) is 5.46. The van der Waals surface area contributed by atoms with Gasteiger partial charge in [-0.15, -0.1) is 0 Å². The summed E-state index contributed by atoms with van der Waals surface area (Å²) in [5, 5.41) is 0. The molecule has 1 aliphatic rings. The number of ether oxygens (including phenoxy) is 1. The van der Waals surface area contributed by atoms with Crippen LogP contribution in [0.15, 0.2) is 30.3 Å². The lowest BCUT2D eigenvalue weighted by atomic mass is 9.79. The molecule has 2 aromatic rings. The van der Waals surface area contributed by atoms with Crippen molar-refractivity contribution < 1.29 is 39.9 Å². The van der Waals surface area contributed by atoms with Gasteiger partial charge in [0.2, 0.25) is 0 Å². The van der Waals surface area contributed by atoms with Gasteiger partial charge >= 0.3 is 12.3 Å². The van der Waals surface area contributed by atoms with Gasteiger partial charge in [0.1, 0.15) is 17.4 Å². The first kappa shape index (κ1) is 24.3. The van der Waals surface area contributed by atoms with Crippen molar-refractivity contribution in [2.24, 2.45) is 5.92 Å². The largest absolute Gasteiger partial charge is 0.439 e. The number of alkyl halides is 6. The van der Waals surface area contributed by atoms with Gasteiger partial charge < -0.3 is 4.74 Å². The average molecular weight is 466 g/mol. The summed E-state index contributed by atoms with van der Waals surface area (Å²) < 4.78 is 111. The van der Waals surface area contributed by atoms with Crippen molar-refractivity contribution >= 4 is 0 Å². The van der Waals surface area contributed by atoms with Crippen LogP contribution < -0.4 is 4.74 Å². The van der Waals surface area contributed by atoms with E-state index in [1.165, 1.54) is 19.1 Å². The number of hydrogen-bond donors (Lipinski definition) is 0. The van der Waals surface area contributed by atoms with Gasteiger partial charge in [-0.1, -0.05) is 25.8 Å². The number of halogens is 8. The van der Waals surface area contributed by atoms with Crippen LogP contribution in [0.4, 0.5) is 35.1 Å². The van der Waals surface area contributed by atoms with Gasteiger partial charge in [-0.2, -0.15) is 22.0 Å². The minimum atomic E-state index is -5.82. The third kappa shape index (κ3) is 5.18. The molecule has 0 N–H and O–H groups in total. The summed E-state index contributed by atoms with van der Waals surface area (Å²) in [6.45, 7) is 3.33. The predicted molar refractivity (Wildman–Crippen MR) is 103 cm³/mol. The van der Waals surface area contributed by atoms with Gasteiger partial charge in [0.25, 0.3) is 6.17 Å². The zero-order valence-corrected chi connectivity index (χ0v) is 17.4. The number of benzene rings is 2. The van der Waals surface area contributed by atoms with Gasteiger partial charge in [-0.25, -0.2) is 13.2 Å². The Labute approximate surface area is 180 Å². The van der Waals surface area contributed by atoms with Gasteiger partial charge in [-0.05, 0) is 72.6 Å². The molecule has 0 amide bonds. The molecule has 0 bridgehead atoms. The molecule has 1 saturated carbocycles. The number of rotatable bonds is 5. The molecule has 9 heteroatoms. The minimum Gasteiger partial charge on any atom is -0.430 e. The molecule has 0 aromatic heterocycles. The molecule has 176 valence electrons. The third-order valence-corrected chi connectivity index (χ3v) is 5.84. The Hall–Kier alpha value is -2.32. The molecule has 1 aliphatic carbocycles. The highest BCUT2D eigenvalue weighted by Crippen LogP contribution is 2.40. The van der Waals surface area contributed by atoms with Gasteiger partial charge in [0, 0.05) is 0 Å². The molecule has 0 heterocycles. The molecular weight excluding hydrogens is 444 g/mol. The Morgan fingerprint density at radius 3 is 1.97 bits per heavy atom. The van der Waals surface area contributed by atoms with Crippen LogP contribution in [0.25, 0.3) is 11.1 Å². The smallest absolute Gasteiger partial charge is 0.430 e. The minimum absolute atomic E-state index is 0.00963. The second kappa shape index (κ2) is 8.90. The molecule has 0 aliphatic heterocycles. The molecule has 3 rings (SSSR count). The van der Waals surface area contributed by atoms with Crippen LogP contribution in [0.1, 0.15) is 49.7 Å². The van der Waals surface area contributed by atoms with E-state index in [-0.39, 0.29) is 17.0 Å². The fraction of sp³-hybridized carbons (Fsp3) is 0.478. The van der Waals surface area contributed by atoms with Crippen molar-refractivity contribution in [3.8, 4) is 16.9 Å². The van der Waals surface area contributed by atoms with Crippen LogP contribution in [0, 0.1) is 24.5 Å². The van der Waals surface area contributed by atoms with E-state index in [1.807, 2.05) is 0 Å². The Morgan fingerprint density at radius 1 is 0.906 bits per heavy atom. The first-order chi connectivity index (χ1) is 14.8. The Kier molecular flexibility index (Phi) is 6.77. The van der Waals surface area contributed by atoms with E-state index in [9.17, 15) is 35.1 Å². The normalized spacial score (nSPS) is 20.8. The highest BCUT2D eigenvalue weighted by atomic mass is 19.4. The quantitative estimate of drug-likeness (QED) is 0.405. The molecule has 1 nitrogen and oxygen atoms in total. The van der Waals surface area contributed by atoms with Crippen LogP contribution in [0.2, 0.25) is 0 Å². The summed E-state index contributed by atoms with van der Waals surface area (Å²) in [5.74, 6) is -1.79. The fourth-order valence-electron chi connectivity index (χ4n) is 4.01. The molecule has 0 saturated heterocycles. The van der Waals surface area contributed by atoms with Crippen molar-refractivity contribution in [3.63, 3.8) is 0 Å². The number of hydrogen-bond acceptors (Lipinski definition) is 1. The highest BCUT2D eigenvalue weighted by Gasteiger charge is 2.59. The fourth-order valence-corrected chi connectivity index (χ4v) is 4.01. The van der Waals surface area contributed by atoms with E-state index < -0.39 is 41.4 Å². The molecule has 1 atom stereocenters. The van der Waals surface area contributed by atoms with E-state index in [2.05, 4.69) is 11.7 Å². The van der Waals surface area contributed by atoms with Crippen LogP contribution >= 0.6 is 0 Å². The van der Waals surface area contributed by atoms with E-state index >= 15 is 0 Å². The van der Waals surface area contributed by atoms with Crippen LogP contribution in [0.3, 0.4) is 0 Å². The highest BCUT2D eigenvalue weighted by molar-refractivity contribution is 5.67. The molecule has 0 radical (unpaired) electrons. The standard InChI is InChI=1S/C23H22F8O/c1-12-3-5-14(6-4-12)16-10-17(24)20(18(25)11-16)15-7-8-19(13(2)9-15)32-23(30,31)21(26)22(27,28)29/h7-12,14,21H,3-6H2,1-2H3. The summed E-state index contributed by atoms with van der Waals surface area (Å²) in [7, 11) is 0. The van der Waals surface area contributed by atoms with Gasteiger partial charge in [0.05, 0.1) is 5.56 Å². The Balaban J connectivity index is 1.86. The maximum atomic E-state index is 14.8. The predicted octanol–water partition coefficient (Wildman–Crippen LogP) is 8.11. The topological polar surface area (TPSA) is 9.23 Å². The SMILES string of the molecule is Cc1cc(-c2c(F)cc(C3CCC(C)CC3)cc2F)ccc1OC(F)(F)C(F)C(F)(F)F. The van der Waals surface area contributed by atoms with Crippen molar-refractivity contribution in [2.45, 2.75) is 63.9 Å². The maximum Gasteiger partial charge on any atom is 0.439 e. The van der Waals surface area contributed by atoms with Crippen molar-refractivity contribution in [3.05, 3.63) is 53.1 Å². The zero-order chi connectivity index (χ0) is 23.8. The third-order valence-electron chi connectivity index (χ3n) is 5.84. The van der Waals surface area contributed by atoms with Crippen molar-refractivity contribution in [2.75, 3.05) is 0 Å². The van der Waals surface area contributed by atoms with Crippen LogP contribution in [-0.2, 0) is 0 Å². The maximum absolute atomic E-state index is 14.8. The first-order valence-corrected chi connectivity index (χ1v) is 10.2. The van der Waals surface area contributed by atoms with Crippen molar-refractivity contribution in [1.82, 2.24) is 0 Å². The van der Waals surface area contributed by atoms with Crippen LogP contribution in [0.5, 0.6) is 5.75 Å². The van der Waals surface area contributed by atoms with Crippen LogP contribution in [-0.4, -0.2) is 18.5 Å². The molecule has 2 aromatic carbocycles. The summed E-state index contributed by atoms with van der Waals surface area (Å²) in [6.07, 6.45) is -11.9. The Morgan fingerprint density at radius 2 is 1.47 bits per heavy atom. The monoisotopic (exact) mass is 466 g/mol. The lowest BCUT2D eigenvalue weighted by molar-refractivity contribution is -0.305. The number of aryl methyl sites for hydroxylation is 1. The lowest BCUT2D eigenvalue weighted by Crippen LogP contribution is -2.45. The lowest BCUT2D eigenvalue weighted by Gasteiger charge is -2.27. The Bertz CT molecular complexity index is 938. The van der Waals surface area contributed by atoms with E-state index in [4.69, 9.17) is 0 Å². The van der Waals surface area contributed by atoms with E-state index in [0.717, 1.165) is 43.9 Å². The molecular formula is C23H22F8O. The summed E-state index contributed by atoms with van der Waals surface area (Å²) in [4.78, 5) is 0. The van der Waals surface area contributed by atoms with E-state index in [1.54, 1.807) is 0 Å². The second-order valence-electron chi connectivity index (χ2n) is 8.36. The molecule has 32 heavy (non-hydrogen) atoms. The van der Waals surface area contributed by atoms with E-state index in [0.29, 0.717) is 11.5 Å². The first-order valence-electron chi connectivity index (χ1n) is 10.2. The second-order valence-corrected chi connectivity index (χ2v) is 8.36. The summed E-state index contributed by atoms with van der Waals surface area (Å²) >= 11 is 0. The molecule has 1 fully saturated rings. The average Bonchev–Trinajstić information content (AvgIpc) is 2.68. The molecule has 1 unspecified atom stereocenters. The van der Waals surface area contributed by atoms with Gasteiger partial charge in [0.15, 0.2) is 0 Å². The zero-order valence-electron chi connectivity index (χ0n) is 17.4. The molecule has 0 spiro atoms.